The van der Waals surface area contributed by atoms with Crippen LogP contribution in [0.25, 0.3) is 0 Å². The molecule has 3 atom stereocenters. The lowest BCUT2D eigenvalue weighted by Gasteiger charge is -2.50. The van der Waals surface area contributed by atoms with Crippen molar-refractivity contribution in [3.05, 3.63) is 40.4 Å². The normalized spacial score (nSPS) is 22.8. The fourth-order valence-electron chi connectivity index (χ4n) is 5.51. The Morgan fingerprint density at radius 2 is 2.07 bits per heavy atom. The van der Waals surface area contributed by atoms with Gasteiger partial charge in [0.05, 0.1) is 5.54 Å². The molecule has 7 N–H and O–H groups in total. The van der Waals surface area contributed by atoms with Gasteiger partial charge in [-0.25, -0.2) is 4.98 Å². The molecular formula is C28H38N8O8S2. The summed E-state index contributed by atoms with van der Waals surface area (Å²) in [5, 5.41) is 12.1. The number of anilines is 1. The fraction of sp³-hybridized carbons (Fsp3) is 0.536. The standard InChI is InChI=1S/C28H38N8O8S2/c1-15(20-6-4-17-12-18(5-7-21(17)42-20)24(29)32-13-16-8-10-31-11-9-16)43-35-22(19-14-45-27(30)33-19)25(37)34-23-26(38)36(28(23,2)3)44-46(39,40)41/h5,7,12,14-16,20,23,31H,4,6,8-11,13H2,1-3H3,(H2,29,32)(H2,30,33)(H,34,37)(H,39,40,41)/b35-22-. The van der Waals surface area contributed by atoms with Crippen LogP contribution >= 0.6 is 11.3 Å². The number of aryl methyl sites for hydroxylation is 1. The van der Waals surface area contributed by atoms with Gasteiger partial charge in [0.2, 0.25) is 0 Å². The minimum Gasteiger partial charge on any atom is -0.486 e. The molecule has 0 saturated carbocycles. The Hall–Kier alpha value is -3.84. The maximum absolute atomic E-state index is 13.3. The highest BCUT2D eigenvalue weighted by Crippen LogP contribution is 2.33. The Labute approximate surface area is 270 Å². The number of nitrogen functional groups attached to an aromatic ring is 1. The number of carbonyl (C=O) groups excluding carboxylic acids is 2. The number of carbonyl (C=O) groups is 2. The molecule has 0 bridgehead atoms. The summed E-state index contributed by atoms with van der Waals surface area (Å²) in [6.07, 6.45) is 2.51. The van der Waals surface area contributed by atoms with E-state index in [1.165, 1.54) is 19.2 Å². The zero-order valence-electron chi connectivity index (χ0n) is 25.6. The summed E-state index contributed by atoms with van der Waals surface area (Å²) in [5.41, 5.74) is 12.5. The van der Waals surface area contributed by atoms with Gasteiger partial charge in [-0.2, -0.15) is 13.5 Å². The maximum atomic E-state index is 13.3. The molecule has 16 nitrogen and oxygen atoms in total. The molecule has 2 saturated heterocycles. The zero-order chi connectivity index (χ0) is 33.2. The number of piperidine rings is 1. The van der Waals surface area contributed by atoms with Crippen LogP contribution in [0.2, 0.25) is 0 Å². The van der Waals surface area contributed by atoms with Gasteiger partial charge in [0.1, 0.15) is 29.4 Å². The summed E-state index contributed by atoms with van der Waals surface area (Å²) in [6, 6.07) is 4.54. The van der Waals surface area contributed by atoms with Crippen molar-refractivity contribution in [1.82, 2.24) is 20.7 Å². The first-order chi connectivity index (χ1) is 21.7. The van der Waals surface area contributed by atoms with Gasteiger partial charge < -0.3 is 31.7 Å². The molecule has 46 heavy (non-hydrogen) atoms. The fourth-order valence-corrected chi connectivity index (χ4v) is 6.51. The van der Waals surface area contributed by atoms with Crippen LogP contribution in [0.15, 0.2) is 33.7 Å². The van der Waals surface area contributed by atoms with Gasteiger partial charge in [-0.05, 0) is 89.2 Å². The monoisotopic (exact) mass is 678 g/mol. The number of aliphatic imine (C=N–C) groups is 1. The van der Waals surface area contributed by atoms with Crippen LogP contribution in [-0.4, -0.2) is 89.8 Å². The summed E-state index contributed by atoms with van der Waals surface area (Å²) >= 11 is 1.08. The molecule has 1 aromatic heterocycles. The molecule has 3 aliphatic rings. The Morgan fingerprint density at radius 1 is 1.33 bits per heavy atom. The number of thiazole rings is 1. The molecule has 250 valence electrons. The van der Waals surface area contributed by atoms with Gasteiger partial charge >= 0.3 is 10.4 Å². The van der Waals surface area contributed by atoms with Crippen LogP contribution in [0.4, 0.5) is 5.13 Å². The van der Waals surface area contributed by atoms with Crippen molar-refractivity contribution < 1.29 is 36.4 Å². The largest absolute Gasteiger partial charge is 0.486 e. The van der Waals surface area contributed by atoms with Crippen LogP contribution < -0.4 is 26.8 Å². The lowest BCUT2D eigenvalue weighted by Crippen LogP contribution is -2.76. The Balaban J connectivity index is 1.23. The SMILES string of the molecule is CC(O/N=C(\C(=O)NC1C(=O)N(OS(=O)(=O)O)C1(C)C)c1csc(N)n1)C1CCc2cc(C(N)=NCC3CCNCC3)ccc2O1. The lowest BCUT2D eigenvalue weighted by molar-refractivity contribution is -0.218. The number of β-lactam (4-membered cyclic amide) rings is 1. The van der Waals surface area contributed by atoms with Crippen LogP contribution in [0, 0.1) is 5.92 Å². The molecule has 3 unspecified atom stereocenters. The number of hydroxylamine groups is 2. The molecule has 4 heterocycles. The third-order valence-corrected chi connectivity index (χ3v) is 9.26. The second kappa shape index (κ2) is 13.5. The maximum Gasteiger partial charge on any atom is 0.418 e. The quantitative estimate of drug-likeness (QED) is 0.0729. The van der Waals surface area contributed by atoms with E-state index in [0.29, 0.717) is 42.0 Å². The number of fused-ring (bicyclic) bond motifs is 1. The molecule has 0 spiro atoms. The van der Waals surface area contributed by atoms with E-state index >= 15 is 0 Å². The molecule has 2 amide bonds. The van der Waals surface area contributed by atoms with E-state index in [1.807, 2.05) is 18.2 Å². The van der Waals surface area contributed by atoms with E-state index in [-0.39, 0.29) is 16.5 Å². The second-order valence-electron chi connectivity index (χ2n) is 12.0. The van der Waals surface area contributed by atoms with Gasteiger partial charge in [-0.1, -0.05) is 5.16 Å². The molecule has 2 fully saturated rings. The van der Waals surface area contributed by atoms with Crippen molar-refractivity contribution in [2.75, 3.05) is 25.4 Å². The van der Waals surface area contributed by atoms with E-state index in [0.717, 1.165) is 48.4 Å². The molecule has 18 heteroatoms. The van der Waals surface area contributed by atoms with Gasteiger partial charge in [0.15, 0.2) is 16.9 Å². The summed E-state index contributed by atoms with van der Waals surface area (Å²) in [7, 11) is -4.96. The average molecular weight is 679 g/mol. The van der Waals surface area contributed by atoms with Crippen molar-refractivity contribution in [2.45, 2.75) is 70.2 Å². The molecule has 3 aliphatic heterocycles. The van der Waals surface area contributed by atoms with E-state index in [1.54, 1.807) is 6.92 Å². The number of oxime groups is 1. The van der Waals surface area contributed by atoms with E-state index < -0.39 is 46.0 Å². The van der Waals surface area contributed by atoms with Gasteiger partial charge in [-0.3, -0.25) is 19.1 Å². The number of nitrogens with two attached hydrogens (primary N) is 2. The van der Waals surface area contributed by atoms with Crippen LogP contribution in [-0.2, 0) is 35.5 Å². The van der Waals surface area contributed by atoms with Crippen molar-refractivity contribution in [2.24, 2.45) is 21.8 Å². The summed E-state index contributed by atoms with van der Waals surface area (Å²) < 4.78 is 41.8. The second-order valence-corrected chi connectivity index (χ2v) is 13.8. The summed E-state index contributed by atoms with van der Waals surface area (Å²) in [5.74, 6) is 0.0226. The topological polar surface area (TPSA) is 233 Å². The van der Waals surface area contributed by atoms with E-state index in [2.05, 4.69) is 30.0 Å². The van der Waals surface area contributed by atoms with Crippen LogP contribution in [0.1, 0.15) is 56.9 Å². The van der Waals surface area contributed by atoms with Crippen molar-refractivity contribution >= 4 is 50.2 Å². The first-order valence-electron chi connectivity index (χ1n) is 14.8. The molecule has 5 rings (SSSR count). The number of rotatable bonds is 11. The number of benzene rings is 1. The van der Waals surface area contributed by atoms with E-state index in [9.17, 15) is 18.0 Å². The minimum absolute atomic E-state index is 0.115. The number of amides is 2. The Morgan fingerprint density at radius 3 is 2.72 bits per heavy atom. The number of amidine groups is 1. The van der Waals surface area contributed by atoms with E-state index in [4.69, 9.17) is 25.6 Å². The molecule has 0 aliphatic carbocycles. The molecular weight excluding hydrogens is 640 g/mol. The smallest absolute Gasteiger partial charge is 0.418 e. The zero-order valence-corrected chi connectivity index (χ0v) is 27.3. The summed E-state index contributed by atoms with van der Waals surface area (Å²) in [6.45, 7) is 7.37. The number of hydrogen-bond donors (Lipinski definition) is 5. The third-order valence-electron chi connectivity index (χ3n) is 8.25. The first-order valence-corrected chi connectivity index (χ1v) is 17.0. The number of nitrogens with zero attached hydrogens (tertiary/aromatic N) is 4. The lowest BCUT2D eigenvalue weighted by atomic mass is 9.84. The average Bonchev–Trinajstić information content (AvgIpc) is 3.46. The number of nitrogens with one attached hydrogen (secondary N) is 2. The van der Waals surface area contributed by atoms with Gasteiger partial charge in [0, 0.05) is 17.5 Å². The van der Waals surface area contributed by atoms with Crippen LogP contribution in [0.3, 0.4) is 0 Å². The summed E-state index contributed by atoms with van der Waals surface area (Å²) in [4.78, 5) is 40.4. The molecule has 0 radical (unpaired) electrons. The number of aromatic nitrogens is 1. The minimum atomic E-state index is -4.96. The highest BCUT2D eigenvalue weighted by Gasteiger charge is 2.58. The van der Waals surface area contributed by atoms with Gasteiger partial charge in [0.25, 0.3) is 11.8 Å². The number of ether oxygens (including phenoxy) is 1. The third kappa shape index (κ3) is 7.58. The highest BCUT2D eigenvalue weighted by molar-refractivity contribution is 7.80. The van der Waals surface area contributed by atoms with Gasteiger partial charge in [-0.15, -0.1) is 15.6 Å². The Kier molecular flexibility index (Phi) is 9.83. The van der Waals surface area contributed by atoms with Crippen molar-refractivity contribution in [3.63, 3.8) is 0 Å². The molecule has 2 aromatic rings. The Bertz CT molecular complexity index is 1640. The van der Waals surface area contributed by atoms with Crippen molar-refractivity contribution in [3.8, 4) is 5.75 Å². The van der Waals surface area contributed by atoms with Crippen LogP contribution in [0.5, 0.6) is 5.75 Å². The molecule has 1 aromatic carbocycles. The highest BCUT2D eigenvalue weighted by atomic mass is 32.3. The predicted octanol–water partition coefficient (Wildman–Crippen LogP) is 0.773. The predicted molar refractivity (Wildman–Crippen MR) is 169 cm³/mol. The first kappa shape index (κ1) is 33.5. The number of hydrogen-bond acceptors (Lipinski definition) is 13. The van der Waals surface area contributed by atoms with Crippen molar-refractivity contribution in [1.29, 1.82) is 0 Å².